The molecule has 3 nitrogen and oxygen atoms in total. The van der Waals surface area contributed by atoms with Crippen molar-refractivity contribution in [3.8, 4) is 11.4 Å². The Morgan fingerprint density at radius 1 is 1.21 bits per heavy atom. The molecule has 96 valence electrons. The molecular weight excluding hydrogens is 309 g/mol. The number of fused-ring (bicyclic) bond motifs is 1. The molecule has 19 heavy (non-hydrogen) atoms. The molecule has 2 N–H and O–H groups in total. The van der Waals surface area contributed by atoms with E-state index in [1.807, 2.05) is 29.8 Å². The number of nitrogen functional groups attached to an aromatic ring is 1. The largest absolute Gasteiger partial charge is 0.399 e. The molecule has 1 aromatic heterocycles. The SMILES string of the molecule is Cn1c(-c2cc(N)cc(Br)c2)nc2ccc(F)cc21. The van der Waals surface area contributed by atoms with Crippen LogP contribution in [0.3, 0.4) is 0 Å². The molecular formula is C14H11BrFN3. The summed E-state index contributed by atoms with van der Waals surface area (Å²) in [6.07, 6.45) is 0. The van der Waals surface area contributed by atoms with Gasteiger partial charge in [-0.25, -0.2) is 9.37 Å². The molecule has 3 rings (SSSR count). The Morgan fingerprint density at radius 2 is 2.00 bits per heavy atom. The topological polar surface area (TPSA) is 43.8 Å². The van der Waals surface area contributed by atoms with Gasteiger partial charge in [-0.15, -0.1) is 0 Å². The van der Waals surface area contributed by atoms with E-state index in [-0.39, 0.29) is 5.82 Å². The van der Waals surface area contributed by atoms with Gasteiger partial charge in [0.1, 0.15) is 11.6 Å². The van der Waals surface area contributed by atoms with Gasteiger partial charge in [-0.05, 0) is 36.4 Å². The second kappa shape index (κ2) is 4.35. The summed E-state index contributed by atoms with van der Waals surface area (Å²) < 4.78 is 16.0. The van der Waals surface area contributed by atoms with Crippen LogP contribution in [0.15, 0.2) is 40.9 Å². The minimum atomic E-state index is -0.268. The van der Waals surface area contributed by atoms with Crippen LogP contribution in [0.4, 0.5) is 10.1 Å². The molecule has 0 spiro atoms. The fourth-order valence-electron chi connectivity index (χ4n) is 2.16. The summed E-state index contributed by atoms with van der Waals surface area (Å²) in [7, 11) is 1.86. The van der Waals surface area contributed by atoms with Crippen molar-refractivity contribution in [2.75, 3.05) is 5.73 Å². The van der Waals surface area contributed by atoms with Gasteiger partial charge in [-0.1, -0.05) is 15.9 Å². The molecule has 0 saturated carbocycles. The predicted octanol–water partition coefficient (Wildman–Crippen LogP) is 3.72. The van der Waals surface area contributed by atoms with Crippen molar-refractivity contribution < 1.29 is 4.39 Å². The molecule has 0 aliphatic carbocycles. The Labute approximate surface area is 118 Å². The molecule has 0 bridgehead atoms. The van der Waals surface area contributed by atoms with Crippen LogP contribution in [-0.4, -0.2) is 9.55 Å². The van der Waals surface area contributed by atoms with E-state index < -0.39 is 0 Å². The summed E-state index contributed by atoms with van der Waals surface area (Å²) in [5, 5.41) is 0. The number of hydrogen-bond donors (Lipinski definition) is 1. The highest BCUT2D eigenvalue weighted by Gasteiger charge is 2.11. The molecule has 0 amide bonds. The lowest BCUT2D eigenvalue weighted by atomic mass is 10.2. The summed E-state index contributed by atoms with van der Waals surface area (Å²) in [5.41, 5.74) is 8.91. The fraction of sp³-hybridized carbons (Fsp3) is 0.0714. The van der Waals surface area contributed by atoms with Gasteiger partial charge >= 0.3 is 0 Å². The van der Waals surface area contributed by atoms with Crippen molar-refractivity contribution in [3.63, 3.8) is 0 Å². The van der Waals surface area contributed by atoms with Gasteiger partial charge in [0.15, 0.2) is 0 Å². The molecule has 0 aliphatic heterocycles. The molecule has 2 aromatic carbocycles. The third-order valence-corrected chi connectivity index (χ3v) is 3.48. The summed E-state index contributed by atoms with van der Waals surface area (Å²) in [5.74, 6) is 0.490. The molecule has 0 atom stereocenters. The first-order valence-corrected chi connectivity index (χ1v) is 6.52. The average molecular weight is 320 g/mol. The van der Waals surface area contributed by atoms with Crippen molar-refractivity contribution in [3.05, 3.63) is 46.7 Å². The van der Waals surface area contributed by atoms with Gasteiger partial charge < -0.3 is 10.3 Å². The Balaban J connectivity index is 2.27. The zero-order valence-corrected chi connectivity index (χ0v) is 11.8. The number of aryl methyl sites for hydroxylation is 1. The standard InChI is InChI=1S/C14H11BrFN3/c1-19-13-7-10(16)2-3-12(13)18-14(19)8-4-9(15)6-11(17)5-8/h2-7H,17H2,1H3. The Morgan fingerprint density at radius 3 is 2.74 bits per heavy atom. The van der Waals surface area contributed by atoms with E-state index in [9.17, 15) is 4.39 Å². The van der Waals surface area contributed by atoms with Crippen molar-refractivity contribution in [1.29, 1.82) is 0 Å². The van der Waals surface area contributed by atoms with E-state index in [0.717, 1.165) is 26.9 Å². The first-order valence-electron chi connectivity index (χ1n) is 5.73. The Hall–Kier alpha value is -1.88. The van der Waals surface area contributed by atoms with Crippen LogP contribution in [0.1, 0.15) is 0 Å². The van der Waals surface area contributed by atoms with Gasteiger partial charge in [0.2, 0.25) is 0 Å². The second-order valence-electron chi connectivity index (χ2n) is 4.40. The van der Waals surface area contributed by atoms with Crippen molar-refractivity contribution in [2.45, 2.75) is 0 Å². The molecule has 0 saturated heterocycles. The van der Waals surface area contributed by atoms with Gasteiger partial charge in [0, 0.05) is 22.8 Å². The lowest BCUT2D eigenvalue weighted by Crippen LogP contribution is -1.94. The highest BCUT2D eigenvalue weighted by atomic mass is 79.9. The number of anilines is 1. The number of nitrogens with zero attached hydrogens (tertiary/aromatic N) is 2. The highest BCUT2D eigenvalue weighted by Crippen LogP contribution is 2.28. The van der Waals surface area contributed by atoms with Crippen LogP contribution in [0.2, 0.25) is 0 Å². The van der Waals surface area contributed by atoms with Crippen LogP contribution in [-0.2, 0) is 7.05 Å². The van der Waals surface area contributed by atoms with E-state index >= 15 is 0 Å². The average Bonchev–Trinajstić information content (AvgIpc) is 2.66. The summed E-state index contributed by atoms with van der Waals surface area (Å²) in [6.45, 7) is 0. The number of hydrogen-bond acceptors (Lipinski definition) is 2. The molecule has 0 fully saturated rings. The number of nitrogens with two attached hydrogens (primary N) is 1. The monoisotopic (exact) mass is 319 g/mol. The highest BCUT2D eigenvalue weighted by molar-refractivity contribution is 9.10. The lowest BCUT2D eigenvalue weighted by molar-refractivity contribution is 0.629. The van der Waals surface area contributed by atoms with E-state index in [1.54, 1.807) is 6.07 Å². The fourth-order valence-corrected chi connectivity index (χ4v) is 2.67. The van der Waals surface area contributed by atoms with Crippen LogP contribution >= 0.6 is 15.9 Å². The van der Waals surface area contributed by atoms with E-state index in [0.29, 0.717) is 5.69 Å². The molecule has 0 aliphatic rings. The van der Waals surface area contributed by atoms with Crippen LogP contribution in [0.5, 0.6) is 0 Å². The van der Waals surface area contributed by atoms with Gasteiger partial charge in [-0.2, -0.15) is 0 Å². The molecule has 3 aromatic rings. The van der Waals surface area contributed by atoms with Crippen molar-refractivity contribution in [1.82, 2.24) is 9.55 Å². The number of imidazole rings is 1. The first kappa shape index (κ1) is 12.2. The van der Waals surface area contributed by atoms with E-state index in [2.05, 4.69) is 20.9 Å². The number of aromatic nitrogens is 2. The normalized spacial score (nSPS) is 11.1. The second-order valence-corrected chi connectivity index (χ2v) is 5.32. The number of benzene rings is 2. The summed E-state index contributed by atoms with van der Waals surface area (Å²) >= 11 is 3.41. The minimum absolute atomic E-state index is 0.268. The lowest BCUT2D eigenvalue weighted by Gasteiger charge is -2.04. The van der Waals surface area contributed by atoms with Crippen molar-refractivity contribution >= 4 is 32.7 Å². The summed E-state index contributed by atoms with van der Waals surface area (Å²) in [4.78, 5) is 4.53. The maximum absolute atomic E-state index is 13.3. The molecule has 0 unspecified atom stereocenters. The van der Waals surface area contributed by atoms with Gasteiger partial charge in [0.05, 0.1) is 11.0 Å². The smallest absolute Gasteiger partial charge is 0.140 e. The molecule has 0 radical (unpaired) electrons. The molecule has 1 heterocycles. The number of halogens is 2. The maximum Gasteiger partial charge on any atom is 0.140 e. The minimum Gasteiger partial charge on any atom is -0.399 e. The van der Waals surface area contributed by atoms with Crippen LogP contribution < -0.4 is 5.73 Å². The quantitative estimate of drug-likeness (QED) is 0.695. The first-order chi connectivity index (χ1) is 9.04. The Kier molecular flexibility index (Phi) is 2.78. The van der Waals surface area contributed by atoms with E-state index in [1.165, 1.54) is 12.1 Å². The third-order valence-electron chi connectivity index (χ3n) is 3.02. The maximum atomic E-state index is 13.3. The number of rotatable bonds is 1. The van der Waals surface area contributed by atoms with Crippen LogP contribution in [0.25, 0.3) is 22.4 Å². The Bertz CT molecular complexity index is 759. The zero-order chi connectivity index (χ0) is 13.6. The van der Waals surface area contributed by atoms with E-state index in [4.69, 9.17) is 5.73 Å². The molecule has 5 heteroatoms. The van der Waals surface area contributed by atoms with Gasteiger partial charge in [-0.3, -0.25) is 0 Å². The van der Waals surface area contributed by atoms with Gasteiger partial charge in [0.25, 0.3) is 0 Å². The zero-order valence-electron chi connectivity index (χ0n) is 10.2. The summed E-state index contributed by atoms with van der Waals surface area (Å²) in [6, 6.07) is 10.2. The predicted molar refractivity (Wildman–Crippen MR) is 78.2 cm³/mol. The van der Waals surface area contributed by atoms with Crippen molar-refractivity contribution in [2.24, 2.45) is 7.05 Å². The van der Waals surface area contributed by atoms with Crippen LogP contribution in [0, 0.1) is 5.82 Å². The third kappa shape index (κ3) is 2.10.